The Morgan fingerprint density at radius 3 is 2.85 bits per heavy atom. The summed E-state index contributed by atoms with van der Waals surface area (Å²) in [5, 5.41) is 5.85. The van der Waals surface area contributed by atoms with Gasteiger partial charge in [-0.1, -0.05) is 29.8 Å². The van der Waals surface area contributed by atoms with E-state index in [0.717, 1.165) is 11.5 Å². The molecule has 8 heteroatoms. The number of carbonyl (C=O) groups excluding carboxylic acids is 1. The number of nitrogens with zero attached hydrogens (tertiary/aromatic N) is 2. The van der Waals surface area contributed by atoms with Crippen molar-refractivity contribution in [3.63, 3.8) is 0 Å². The van der Waals surface area contributed by atoms with E-state index in [9.17, 15) is 9.18 Å². The lowest BCUT2D eigenvalue weighted by molar-refractivity contribution is 0.102. The molecule has 0 spiro atoms. The van der Waals surface area contributed by atoms with Crippen molar-refractivity contribution in [1.29, 1.82) is 0 Å². The Bertz CT molecular complexity index is 1210. The first-order valence-corrected chi connectivity index (χ1v) is 9.09. The number of thiazole rings is 1. The summed E-state index contributed by atoms with van der Waals surface area (Å²) in [5.41, 5.74) is 0.695. The third-order valence-corrected chi connectivity index (χ3v) is 4.61. The molecule has 0 aliphatic carbocycles. The number of hydrogen-bond donors (Lipinski definition) is 1. The number of hydrogen-bond acceptors (Lipinski definition) is 5. The minimum Gasteiger partial charge on any atom is -0.438 e. The van der Waals surface area contributed by atoms with Crippen molar-refractivity contribution in [2.45, 2.75) is 0 Å². The second-order valence-corrected chi connectivity index (χ2v) is 6.83. The Balaban J connectivity index is 1.89. The Morgan fingerprint density at radius 1 is 1.22 bits per heavy atom. The summed E-state index contributed by atoms with van der Waals surface area (Å²) in [6, 6.07) is 12.9. The van der Waals surface area contributed by atoms with E-state index in [4.69, 9.17) is 16.0 Å². The number of para-hydroxylation sites is 1. The third-order valence-electron chi connectivity index (χ3n) is 3.69. The third kappa shape index (κ3) is 3.74. The second kappa shape index (κ2) is 7.30. The molecule has 4 aromatic rings. The number of fused-ring (bicyclic) bond motifs is 1. The van der Waals surface area contributed by atoms with Gasteiger partial charge in [0.25, 0.3) is 5.91 Å². The average molecular weight is 400 g/mol. The number of rotatable bonds is 3. The molecule has 134 valence electrons. The van der Waals surface area contributed by atoms with Crippen molar-refractivity contribution in [2.75, 3.05) is 5.32 Å². The Morgan fingerprint density at radius 2 is 2.07 bits per heavy atom. The molecule has 27 heavy (non-hydrogen) atoms. The van der Waals surface area contributed by atoms with E-state index < -0.39 is 11.7 Å². The van der Waals surface area contributed by atoms with Crippen LogP contribution in [0.15, 0.2) is 69.5 Å². The van der Waals surface area contributed by atoms with Crippen molar-refractivity contribution in [3.05, 3.63) is 82.1 Å². The first-order valence-electron chi connectivity index (χ1n) is 7.84. The monoisotopic (exact) mass is 399 g/mol. The maximum atomic E-state index is 14.2. The van der Waals surface area contributed by atoms with Gasteiger partial charge < -0.3 is 4.42 Å². The van der Waals surface area contributed by atoms with Crippen molar-refractivity contribution in [1.82, 2.24) is 4.98 Å². The minimum absolute atomic E-state index is 0.0102. The van der Waals surface area contributed by atoms with Gasteiger partial charge in [0.2, 0.25) is 5.55 Å². The highest BCUT2D eigenvalue weighted by Gasteiger charge is 2.14. The van der Waals surface area contributed by atoms with Crippen LogP contribution in [0.5, 0.6) is 0 Å². The summed E-state index contributed by atoms with van der Waals surface area (Å²) in [4.78, 5) is 21.0. The first-order chi connectivity index (χ1) is 13.1. The van der Waals surface area contributed by atoms with E-state index in [-0.39, 0.29) is 21.8 Å². The number of carbonyl (C=O) groups is 1. The summed E-state index contributed by atoms with van der Waals surface area (Å²) in [6.45, 7) is 0. The average Bonchev–Trinajstić information content (AvgIpc) is 3.16. The number of halogens is 2. The smallest absolute Gasteiger partial charge is 0.262 e. The molecule has 2 aromatic carbocycles. The molecule has 2 heterocycles. The molecule has 0 bridgehead atoms. The van der Waals surface area contributed by atoms with E-state index in [1.54, 1.807) is 29.8 Å². The molecule has 0 radical (unpaired) electrons. The fraction of sp³-hybridized carbons (Fsp3) is 0. The molecular weight excluding hydrogens is 389 g/mol. The molecule has 4 rings (SSSR count). The van der Waals surface area contributed by atoms with Crippen LogP contribution in [0.4, 0.5) is 15.2 Å². The largest absolute Gasteiger partial charge is 0.438 e. The lowest BCUT2D eigenvalue weighted by Gasteiger charge is -2.05. The topological polar surface area (TPSA) is 67.5 Å². The molecule has 0 aliphatic rings. The van der Waals surface area contributed by atoms with Crippen LogP contribution in [0.3, 0.4) is 0 Å². The van der Waals surface area contributed by atoms with Gasteiger partial charge >= 0.3 is 0 Å². The summed E-state index contributed by atoms with van der Waals surface area (Å²) >= 11 is 7.07. The summed E-state index contributed by atoms with van der Waals surface area (Å²) in [7, 11) is 0. The van der Waals surface area contributed by atoms with Crippen LogP contribution in [-0.2, 0) is 0 Å². The van der Waals surface area contributed by atoms with Crippen LogP contribution in [0.25, 0.3) is 11.0 Å². The van der Waals surface area contributed by atoms with Gasteiger partial charge in [0.05, 0.1) is 0 Å². The predicted octanol–water partition coefficient (Wildman–Crippen LogP) is 5.17. The SMILES string of the molecule is O=C(Nc1nccs1)c1cc2ccccc2oc1=Nc1ccc(Cl)cc1F. The molecule has 0 unspecified atom stereocenters. The van der Waals surface area contributed by atoms with Gasteiger partial charge in [0.1, 0.15) is 22.7 Å². The molecule has 2 aromatic heterocycles. The fourth-order valence-electron chi connectivity index (χ4n) is 2.45. The molecule has 5 nitrogen and oxygen atoms in total. The highest BCUT2D eigenvalue weighted by Crippen LogP contribution is 2.22. The maximum absolute atomic E-state index is 14.2. The first kappa shape index (κ1) is 17.4. The second-order valence-electron chi connectivity index (χ2n) is 5.50. The predicted molar refractivity (Wildman–Crippen MR) is 103 cm³/mol. The molecule has 0 atom stereocenters. The van der Waals surface area contributed by atoms with Crippen molar-refractivity contribution >= 4 is 50.6 Å². The number of anilines is 1. The Kier molecular flexibility index (Phi) is 4.70. The molecule has 1 amide bonds. The molecular formula is C19H11ClFN3O2S. The van der Waals surface area contributed by atoms with E-state index in [1.807, 2.05) is 12.1 Å². The van der Waals surface area contributed by atoms with Gasteiger partial charge in [-0.05, 0) is 30.3 Å². The van der Waals surface area contributed by atoms with Crippen molar-refractivity contribution in [2.24, 2.45) is 4.99 Å². The van der Waals surface area contributed by atoms with Crippen LogP contribution in [0, 0.1) is 5.82 Å². The van der Waals surface area contributed by atoms with E-state index in [1.165, 1.54) is 23.5 Å². The molecule has 0 aliphatic heterocycles. The van der Waals surface area contributed by atoms with Crippen LogP contribution in [0.2, 0.25) is 5.02 Å². The quantitative estimate of drug-likeness (QED) is 0.517. The summed E-state index contributed by atoms with van der Waals surface area (Å²) in [6.07, 6.45) is 1.58. The van der Waals surface area contributed by atoms with Crippen LogP contribution in [-0.4, -0.2) is 10.9 Å². The lowest BCUT2D eigenvalue weighted by atomic mass is 10.2. The van der Waals surface area contributed by atoms with E-state index in [2.05, 4.69) is 15.3 Å². The van der Waals surface area contributed by atoms with Crippen LogP contribution in [0.1, 0.15) is 10.4 Å². The lowest BCUT2D eigenvalue weighted by Crippen LogP contribution is -2.21. The number of aromatic nitrogens is 1. The van der Waals surface area contributed by atoms with Gasteiger partial charge in [-0.2, -0.15) is 0 Å². The molecule has 1 N–H and O–H groups in total. The minimum atomic E-state index is -0.614. The zero-order valence-electron chi connectivity index (χ0n) is 13.6. The molecule has 0 saturated carbocycles. The zero-order valence-corrected chi connectivity index (χ0v) is 15.2. The van der Waals surface area contributed by atoms with E-state index in [0.29, 0.717) is 10.7 Å². The van der Waals surface area contributed by atoms with Crippen molar-refractivity contribution < 1.29 is 13.6 Å². The number of nitrogens with one attached hydrogen (secondary N) is 1. The maximum Gasteiger partial charge on any atom is 0.262 e. The van der Waals surface area contributed by atoms with Gasteiger partial charge in [-0.25, -0.2) is 14.4 Å². The van der Waals surface area contributed by atoms with Gasteiger partial charge in [-0.3, -0.25) is 10.1 Å². The zero-order chi connectivity index (χ0) is 18.8. The van der Waals surface area contributed by atoms with Crippen LogP contribution < -0.4 is 10.9 Å². The normalized spacial score (nSPS) is 11.7. The van der Waals surface area contributed by atoms with E-state index >= 15 is 0 Å². The van der Waals surface area contributed by atoms with Gasteiger partial charge in [-0.15, -0.1) is 11.3 Å². The standard InChI is InChI=1S/C19H11ClFN3O2S/c20-12-5-6-15(14(21)10-12)23-18-13(17(25)24-19-22-7-8-27-19)9-11-3-1-2-4-16(11)26-18/h1-10H,(H,22,24,25). The highest BCUT2D eigenvalue weighted by atomic mass is 35.5. The number of amides is 1. The highest BCUT2D eigenvalue weighted by molar-refractivity contribution is 7.13. The molecule has 0 fully saturated rings. The van der Waals surface area contributed by atoms with Gasteiger partial charge in [0, 0.05) is 22.0 Å². The van der Waals surface area contributed by atoms with Gasteiger partial charge in [0.15, 0.2) is 5.13 Å². The molecule has 0 saturated heterocycles. The fourth-order valence-corrected chi connectivity index (χ4v) is 3.13. The van der Waals surface area contributed by atoms with Crippen LogP contribution >= 0.6 is 22.9 Å². The Hall–Kier alpha value is -3.03. The Labute approximate surface area is 161 Å². The number of benzene rings is 2. The summed E-state index contributed by atoms with van der Waals surface area (Å²) in [5.74, 6) is -1.07. The van der Waals surface area contributed by atoms with Crippen molar-refractivity contribution in [3.8, 4) is 0 Å². The summed E-state index contributed by atoms with van der Waals surface area (Å²) < 4.78 is 19.9.